The number of nitrogens with zero attached hydrogens (tertiary/aromatic N) is 4. The number of imidazole rings is 2. The maximum Gasteiger partial charge on any atom is 0.272 e. The molecule has 16 heavy (non-hydrogen) atoms. The molecule has 0 amide bonds. The zero-order chi connectivity index (χ0) is 11.7. The van der Waals surface area contributed by atoms with Crippen LogP contribution < -0.4 is 0 Å². The van der Waals surface area contributed by atoms with Crippen molar-refractivity contribution in [3.8, 4) is 0 Å². The van der Waals surface area contributed by atoms with Crippen LogP contribution in [0.5, 0.6) is 0 Å². The smallest absolute Gasteiger partial charge is 0.272 e. The largest absolute Gasteiger partial charge is 0.331 e. The lowest BCUT2D eigenvalue weighted by atomic mass is 10.2. The number of rotatable bonds is 3. The number of carbonyl (C=O) groups excluding carboxylic acids is 2. The van der Waals surface area contributed by atoms with Gasteiger partial charge >= 0.3 is 0 Å². The second-order valence-corrected chi connectivity index (χ2v) is 3.38. The normalized spacial score (nSPS) is 10.4. The molecule has 0 radical (unpaired) electrons. The Kier molecular flexibility index (Phi) is 2.40. The Morgan fingerprint density at radius 2 is 1.31 bits per heavy atom. The number of carbonyl (C=O) groups is 2. The summed E-state index contributed by atoms with van der Waals surface area (Å²) in [5.41, 5.74) is 0. The fourth-order valence-corrected chi connectivity index (χ4v) is 1.37. The van der Waals surface area contributed by atoms with Crippen molar-refractivity contribution in [2.75, 3.05) is 0 Å². The molecule has 2 rings (SSSR count). The van der Waals surface area contributed by atoms with Gasteiger partial charge in [0.2, 0.25) is 0 Å². The summed E-state index contributed by atoms with van der Waals surface area (Å²) in [5.74, 6) is -1.07. The van der Waals surface area contributed by atoms with Crippen LogP contribution in [0.25, 0.3) is 0 Å². The third kappa shape index (κ3) is 1.54. The van der Waals surface area contributed by atoms with Gasteiger partial charge in [0.1, 0.15) is 0 Å². The second-order valence-electron chi connectivity index (χ2n) is 3.38. The van der Waals surface area contributed by atoms with E-state index in [9.17, 15) is 9.59 Å². The van der Waals surface area contributed by atoms with Crippen molar-refractivity contribution in [1.29, 1.82) is 0 Å². The molecule has 0 aliphatic carbocycles. The standard InChI is InChI=1S/C10H10N4O2/c1-13-5-3-11-9(13)7(15)8(16)10-12-4-6-14(10)2/h3-6H,1-2H3. The molecule has 0 bridgehead atoms. The Bertz CT molecular complexity index is 502. The first-order chi connectivity index (χ1) is 7.61. The van der Waals surface area contributed by atoms with Crippen molar-refractivity contribution in [3.05, 3.63) is 36.4 Å². The predicted octanol–water partition coefficient (Wildman–Crippen LogP) is 0.219. The zero-order valence-electron chi connectivity index (χ0n) is 8.91. The highest BCUT2D eigenvalue weighted by atomic mass is 16.2. The average molecular weight is 218 g/mol. The van der Waals surface area contributed by atoms with Gasteiger partial charge in [0.15, 0.2) is 11.6 Å². The summed E-state index contributed by atoms with van der Waals surface area (Å²) >= 11 is 0. The lowest BCUT2D eigenvalue weighted by Gasteiger charge is -2.00. The Hall–Kier alpha value is -2.24. The number of hydrogen-bond donors (Lipinski definition) is 0. The molecule has 0 N–H and O–H groups in total. The van der Waals surface area contributed by atoms with Gasteiger partial charge in [-0.2, -0.15) is 0 Å². The van der Waals surface area contributed by atoms with Gasteiger partial charge in [-0.25, -0.2) is 9.97 Å². The number of Topliss-reactive ketones (excluding diaryl/α,β-unsaturated/α-hetero) is 2. The van der Waals surface area contributed by atoms with Gasteiger partial charge < -0.3 is 9.13 Å². The monoisotopic (exact) mass is 218 g/mol. The quantitative estimate of drug-likeness (QED) is 0.545. The molecule has 6 heteroatoms. The van der Waals surface area contributed by atoms with E-state index in [0.717, 1.165) is 0 Å². The summed E-state index contributed by atoms with van der Waals surface area (Å²) in [5, 5.41) is 0. The highest BCUT2D eigenvalue weighted by Gasteiger charge is 2.24. The molecule has 2 aromatic rings. The molecule has 0 fully saturated rings. The van der Waals surface area contributed by atoms with Gasteiger partial charge in [0, 0.05) is 38.9 Å². The SMILES string of the molecule is Cn1ccnc1C(=O)C(=O)c1nccn1C. The van der Waals surface area contributed by atoms with Crippen LogP contribution >= 0.6 is 0 Å². The van der Waals surface area contributed by atoms with Crippen LogP contribution in [-0.4, -0.2) is 30.7 Å². The van der Waals surface area contributed by atoms with E-state index >= 15 is 0 Å². The molecule has 82 valence electrons. The fraction of sp³-hybridized carbons (Fsp3) is 0.200. The summed E-state index contributed by atoms with van der Waals surface area (Å²) in [6.07, 6.45) is 6.16. The van der Waals surface area contributed by atoms with E-state index in [1.54, 1.807) is 26.5 Å². The minimum Gasteiger partial charge on any atom is -0.331 e. The van der Waals surface area contributed by atoms with E-state index in [1.807, 2.05) is 0 Å². The summed E-state index contributed by atoms with van der Waals surface area (Å²) in [4.78, 5) is 31.2. The predicted molar refractivity (Wildman–Crippen MR) is 55.1 cm³/mol. The summed E-state index contributed by atoms with van der Waals surface area (Å²) < 4.78 is 3.01. The van der Waals surface area contributed by atoms with Crippen LogP contribution in [0.3, 0.4) is 0 Å². The molecule has 0 aliphatic heterocycles. The van der Waals surface area contributed by atoms with Crippen LogP contribution in [-0.2, 0) is 14.1 Å². The second kappa shape index (κ2) is 3.73. The molecule has 0 spiro atoms. The lowest BCUT2D eigenvalue weighted by molar-refractivity contribution is 0.0801. The Morgan fingerprint density at radius 3 is 1.56 bits per heavy atom. The minimum atomic E-state index is -0.651. The lowest BCUT2D eigenvalue weighted by Crippen LogP contribution is -2.21. The van der Waals surface area contributed by atoms with Gasteiger partial charge in [-0.15, -0.1) is 0 Å². The van der Waals surface area contributed by atoms with Crippen LogP contribution in [0.4, 0.5) is 0 Å². The van der Waals surface area contributed by atoms with Crippen LogP contribution in [0.2, 0.25) is 0 Å². The number of hydrogen-bond acceptors (Lipinski definition) is 4. The van der Waals surface area contributed by atoms with Crippen molar-refractivity contribution in [1.82, 2.24) is 19.1 Å². The first-order valence-electron chi connectivity index (χ1n) is 4.65. The molecule has 0 atom stereocenters. The van der Waals surface area contributed by atoms with E-state index in [4.69, 9.17) is 0 Å². The van der Waals surface area contributed by atoms with Crippen molar-refractivity contribution in [2.45, 2.75) is 0 Å². The Morgan fingerprint density at radius 1 is 0.938 bits per heavy atom. The molecule has 0 aromatic carbocycles. The van der Waals surface area contributed by atoms with Gasteiger partial charge in [0.05, 0.1) is 0 Å². The van der Waals surface area contributed by atoms with Crippen LogP contribution in [0.1, 0.15) is 21.2 Å². The van der Waals surface area contributed by atoms with Crippen molar-refractivity contribution in [3.63, 3.8) is 0 Å². The molecule has 0 unspecified atom stereocenters. The summed E-state index contributed by atoms with van der Waals surface area (Å²) in [6.45, 7) is 0. The van der Waals surface area contributed by atoms with E-state index in [2.05, 4.69) is 9.97 Å². The summed E-state index contributed by atoms with van der Waals surface area (Å²) in [6, 6.07) is 0. The molecule has 6 nitrogen and oxygen atoms in total. The molecule has 0 aliphatic rings. The highest BCUT2D eigenvalue weighted by molar-refractivity contribution is 6.47. The van der Waals surface area contributed by atoms with Gasteiger partial charge in [-0.05, 0) is 0 Å². The van der Waals surface area contributed by atoms with Crippen molar-refractivity contribution >= 4 is 11.6 Å². The molecule has 0 saturated heterocycles. The average Bonchev–Trinajstić information content (AvgIpc) is 2.85. The van der Waals surface area contributed by atoms with E-state index in [1.165, 1.54) is 21.5 Å². The molecular weight excluding hydrogens is 208 g/mol. The van der Waals surface area contributed by atoms with Crippen LogP contribution in [0.15, 0.2) is 24.8 Å². The van der Waals surface area contributed by atoms with E-state index < -0.39 is 11.6 Å². The Balaban J connectivity index is 2.34. The molecule has 2 aromatic heterocycles. The maximum atomic E-state index is 11.8. The number of aromatic nitrogens is 4. The topological polar surface area (TPSA) is 69.8 Å². The maximum absolute atomic E-state index is 11.8. The molecule has 2 heterocycles. The van der Waals surface area contributed by atoms with E-state index in [0.29, 0.717) is 0 Å². The molecular formula is C10H10N4O2. The van der Waals surface area contributed by atoms with Gasteiger partial charge in [-0.1, -0.05) is 0 Å². The Labute approximate surface area is 91.5 Å². The first kappa shape index (κ1) is 10.3. The number of ketones is 2. The third-order valence-corrected chi connectivity index (χ3v) is 2.25. The van der Waals surface area contributed by atoms with Crippen molar-refractivity contribution < 1.29 is 9.59 Å². The first-order valence-corrected chi connectivity index (χ1v) is 4.65. The van der Waals surface area contributed by atoms with Crippen LogP contribution in [0, 0.1) is 0 Å². The minimum absolute atomic E-state index is 0.119. The van der Waals surface area contributed by atoms with Gasteiger partial charge in [-0.3, -0.25) is 9.59 Å². The third-order valence-electron chi connectivity index (χ3n) is 2.25. The number of aryl methyl sites for hydroxylation is 2. The summed E-state index contributed by atoms with van der Waals surface area (Å²) in [7, 11) is 3.32. The molecule has 0 saturated carbocycles. The zero-order valence-corrected chi connectivity index (χ0v) is 8.91. The van der Waals surface area contributed by atoms with Crippen molar-refractivity contribution in [2.24, 2.45) is 14.1 Å². The highest BCUT2D eigenvalue weighted by Crippen LogP contribution is 2.03. The van der Waals surface area contributed by atoms with Gasteiger partial charge in [0.25, 0.3) is 11.6 Å². The fourth-order valence-electron chi connectivity index (χ4n) is 1.37. The van der Waals surface area contributed by atoms with E-state index in [-0.39, 0.29) is 11.6 Å².